The van der Waals surface area contributed by atoms with Crippen LogP contribution in [0.5, 0.6) is 0 Å². The molecule has 82 valence electrons. The number of hydrogen-bond donors (Lipinski definition) is 1. The lowest BCUT2D eigenvalue weighted by atomic mass is 9.95. The van der Waals surface area contributed by atoms with Gasteiger partial charge in [0.05, 0.1) is 12.1 Å². The van der Waals surface area contributed by atoms with E-state index in [2.05, 4.69) is 12.2 Å². The molecule has 1 aliphatic rings. The van der Waals surface area contributed by atoms with E-state index in [0.29, 0.717) is 13.1 Å². The van der Waals surface area contributed by atoms with Crippen LogP contribution in [0, 0.1) is 0 Å². The Balaban J connectivity index is 2.51. The average Bonchev–Trinajstić information content (AvgIpc) is 2.18. The Bertz CT molecular complexity index is 208. The average molecular weight is 200 g/mol. The van der Waals surface area contributed by atoms with Gasteiger partial charge in [-0.05, 0) is 26.7 Å². The van der Waals surface area contributed by atoms with Crippen molar-refractivity contribution in [3.63, 3.8) is 0 Å². The summed E-state index contributed by atoms with van der Waals surface area (Å²) in [5, 5.41) is 2.81. The Labute approximate surface area is 85.6 Å². The third-order valence-corrected chi connectivity index (χ3v) is 2.77. The summed E-state index contributed by atoms with van der Waals surface area (Å²) in [5.41, 5.74) is -0.163. The Morgan fingerprint density at radius 3 is 2.93 bits per heavy atom. The van der Waals surface area contributed by atoms with Crippen LogP contribution in [0.2, 0.25) is 0 Å². The molecule has 0 aliphatic carbocycles. The molecule has 2 amide bonds. The molecule has 0 aromatic rings. The molecule has 1 saturated heterocycles. The van der Waals surface area contributed by atoms with Crippen molar-refractivity contribution in [3.05, 3.63) is 0 Å². The summed E-state index contributed by atoms with van der Waals surface area (Å²) in [5.74, 6) is 0. The minimum atomic E-state index is -0.163. The van der Waals surface area contributed by atoms with Gasteiger partial charge in [-0.25, -0.2) is 4.79 Å². The number of piperidine rings is 1. The number of hydrogen-bond acceptors (Lipinski definition) is 2. The van der Waals surface area contributed by atoms with Gasteiger partial charge in [0.15, 0.2) is 0 Å². The zero-order chi connectivity index (χ0) is 10.6. The molecule has 0 saturated carbocycles. The quantitative estimate of drug-likeness (QED) is 0.728. The first-order valence-corrected chi connectivity index (χ1v) is 5.19. The zero-order valence-electron chi connectivity index (χ0n) is 9.30. The standard InChI is InChI=1S/C10H20N2O2/c1-4-11-9(13)12-7-5-6-10(2,8-12)14-3/h4-8H2,1-3H3,(H,11,13). The van der Waals surface area contributed by atoms with Crippen LogP contribution in [0.15, 0.2) is 0 Å². The van der Waals surface area contributed by atoms with Crippen molar-refractivity contribution in [2.45, 2.75) is 32.3 Å². The minimum absolute atomic E-state index is 0.0236. The van der Waals surface area contributed by atoms with Crippen LogP contribution in [0.4, 0.5) is 4.79 Å². The van der Waals surface area contributed by atoms with E-state index in [1.807, 2.05) is 11.8 Å². The molecule has 1 N–H and O–H groups in total. The van der Waals surface area contributed by atoms with Crippen molar-refractivity contribution in [3.8, 4) is 0 Å². The number of ether oxygens (including phenoxy) is 1. The second-order valence-electron chi connectivity index (χ2n) is 4.01. The Kier molecular flexibility index (Phi) is 3.75. The monoisotopic (exact) mass is 200 g/mol. The molecular formula is C10H20N2O2. The molecule has 0 aromatic carbocycles. The van der Waals surface area contributed by atoms with Crippen molar-refractivity contribution < 1.29 is 9.53 Å². The molecule has 1 rings (SSSR count). The molecule has 0 spiro atoms. The fraction of sp³-hybridized carbons (Fsp3) is 0.900. The summed E-state index contributed by atoms with van der Waals surface area (Å²) in [6.07, 6.45) is 2.04. The van der Waals surface area contributed by atoms with E-state index in [4.69, 9.17) is 4.74 Å². The molecule has 1 fully saturated rings. The zero-order valence-corrected chi connectivity index (χ0v) is 9.30. The van der Waals surface area contributed by atoms with E-state index < -0.39 is 0 Å². The minimum Gasteiger partial charge on any atom is -0.377 e. The van der Waals surface area contributed by atoms with Gasteiger partial charge >= 0.3 is 6.03 Å². The van der Waals surface area contributed by atoms with Gasteiger partial charge in [-0.3, -0.25) is 0 Å². The molecule has 1 atom stereocenters. The summed E-state index contributed by atoms with van der Waals surface area (Å²) in [4.78, 5) is 13.4. The number of likely N-dealkylation sites (tertiary alicyclic amines) is 1. The lowest BCUT2D eigenvalue weighted by molar-refractivity contribution is -0.0400. The van der Waals surface area contributed by atoms with Crippen molar-refractivity contribution in [1.82, 2.24) is 10.2 Å². The van der Waals surface area contributed by atoms with Gasteiger partial charge in [0, 0.05) is 20.2 Å². The number of carbonyl (C=O) groups excluding carboxylic acids is 1. The van der Waals surface area contributed by atoms with Crippen LogP contribution in [0.3, 0.4) is 0 Å². The molecule has 0 radical (unpaired) electrons. The number of nitrogens with zero attached hydrogens (tertiary/aromatic N) is 1. The smallest absolute Gasteiger partial charge is 0.317 e. The lowest BCUT2D eigenvalue weighted by Crippen LogP contribution is -2.52. The van der Waals surface area contributed by atoms with Crippen LogP contribution in [-0.4, -0.2) is 43.3 Å². The highest BCUT2D eigenvalue weighted by atomic mass is 16.5. The first kappa shape index (κ1) is 11.3. The second kappa shape index (κ2) is 4.64. The fourth-order valence-corrected chi connectivity index (χ4v) is 1.81. The summed E-state index contributed by atoms with van der Waals surface area (Å²) in [7, 11) is 1.71. The van der Waals surface area contributed by atoms with Crippen LogP contribution in [0.1, 0.15) is 26.7 Å². The van der Waals surface area contributed by atoms with Gasteiger partial charge in [0.1, 0.15) is 0 Å². The highest BCUT2D eigenvalue weighted by Gasteiger charge is 2.32. The number of methoxy groups -OCH3 is 1. The molecule has 0 aromatic heterocycles. The van der Waals surface area contributed by atoms with Gasteiger partial charge in [0.2, 0.25) is 0 Å². The van der Waals surface area contributed by atoms with Gasteiger partial charge in [-0.2, -0.15) is 0 Å². The van der Waals surface area contributed by atoms with Gasteiger partial charge in [-0.15, -0.1) is 0 Å². The Hall–Kier alpha value is -0.770. The number of rotatable bonds is 2. The molecule has 1 heterocycles. The highest BCUT2D eigenvalue weighted by molar-refractivity contribution is 5.74. The van der Waals surface area contributed by atoms with Crippen molar-refractivity contribution in [1.29, 1.82) is 0 Å². The lowest BCUT2D eigenvalue weighted by Gasteiger charge is -2.39. The van der Waals surface area contributed by atoms with Crippen molar-refractivity contribution in [2.75, 3.05) is 26.7 Å². The third-order valence-electron chi connectivity index (χ3n) is 2.77. The van der Waals surface area contributed by atoms with Crippen molar-refractivity contribution >= 4 is 6.03 Å². The van der Waals surface area contributed by atoms with Gasteiger partial charge in [0.25, 0.3) is 0 Å². The number of urea groups is 1. The van der Waals surface area contributed by atoms with E-state index >= 15 is 0 Å². The summed E-state index contributed by atoms with van der Waals surface area (Å²) in [6.45, 7) is 6.19. The summed E-state index contributed by atoms with van der Waals surface area (Å²) in [6, 6.07) is 0.0236. The Morgan fingerprint density at radius 1 is 1.64 bits per heavy atom. The van der Waals surface area contributed by atoms with Crippen LogP contribution in [-0.2, 0) is 4.74 Å². The summed E-state index contributed by atoms with van der Waals surface area (Å²) >= 11 is 0. The number of nitrogens with one attached hydrogen (secondary N) is 1. The third kappa shape index (κ3) is 2.61. The normalized spacial score (nSPS) is 27.5. The first-order chi connectivity index (χ1) is 6.61. The molecule has 1 aliphatic heterocycles. The Morgan fingerprint density at radius 2 is 2.36 bits per heavy atom. The molecule has 1 unspecified atom stereocenters. The van der Waals surface area contributed by atoms with E-state index in [1.54, 1.807) is 7.11 Å². The molecular weight excluding hydrogens is 180 g/mol. The number of amides is 2. The van der Waals surface area contributed by atoms with Gasteiger partial charge < -0.3 is 15.0 Å². The molecule has 4 nitrogen and oxygen atoms in total. The molecule has 14 heavy (non-hydrogen) atoms. The predicted octanol–water partition coefficient (Wildman–Crippen LogP) is 1.22. The molecule has 0 bridgehead atoms. The van der Waals surface area contributed by atoms with E-state index in [0.717, 1.165) is 19.4 Å². The fourth-order valence-electron chi connectivity index (χ4n) is 1.81. The van der Waals surface area contributed by atoms with E-state index in [1.165, 1.54) is 0 Å². The van der Waals surface area contributed by atoms with Gasteiger partial charge in [-0.1, -0.05) is 0 Å². The largest absolute Gasteiger partial charge is 0.377 e. The van der Waals surface area contributed by atoms with Crippen LogP contribution >= 0.6 is 0 Å². The number of carbonyl (C=O) groups is 1. The second-order valence-corrected chi connectivity index (χ2v) is 4.01. The molecule has 4 heteroatoms. The highest BCUT2D eigenvalue weighted by Crippen LogP contribution is 2.23. The maximum atomic E-state index is 11.6. The van der Waals surface area contributed by atoms with E-state index in [-0.39, 0.29) is 11.6 Å². The maximum Gasteiger partial charge on any atom is 0.317 e. The SMILES string of the molecule is CCNC(=O)N1CCCC(C)(OC)C1. The van der Waals surface area contributed by atoms with E-state index in [9.17, 15) is 4.79 Å². The van der Waals surface area contributed by atoms with Crippen LogP contribution < -0.4 is 5.32 Å². The predicted molar refractivity (Wildman–Crippen MR) is 55.3 cm³/mol. The van der Waals surface area contributed by atoms with Crippen molar-refractivity contribution in [2.24, 2.45) is 0 Å². The van der Waals surface area contributed by atoms with Crippen LogP contribution in [0.25, 0.3) is 0 Å². The first-order valence-electron chi connectivity index (χ1n) is 5.19. The maximum absolute atomic E-state index is 11.6. The topological polar surface area (TPSA) is 41.6 Å². The summed E-state index contributed by atoms with van der Waals surface area (Å²) < 4.78 is 5.42.